The second-order valence-electron chi connectivity index (χ2n) is 2.93. The van der Waals surface area contributed by atoms with E-state index in [1.54, 1.807) is 12.1 Å². The molecule has 1 amide bonds. The van der Waals surface area contributed by atoms with Crippen molar-refractivity contribution in [3.63, 3.8) is 0 Å². The normalized spacial score (nSPS) is 12.5. The molecule has 0 spiro atoms. The summed E-state index contributed by atoms with van der Waals surface area (Å²) in [6.45, 7) is 2.44. The standard InChI is InChI=1S/C9H11BrClNO2/c1-6(11)4-5-12-9(13)7-2-3-8(10)14-7/h2-3,6H,4-5H2,1H3,(H,12,13). The van der Waals surface area contributed by atoms with Gasteiger partial charge < -0.3 is 9.73 Å². The Labute approximate surface area is 95.9 Å². The van der Waals surface area contributed by atoms with E-state index in [-0.39, 0.29) is 11.3 Å². The summed E-state index contributed by atoms with van der Waals surface area (Å²) < 4.78 is 5.62. The average molecular weight is 281 g/mol. The van der Waals surface area contributed by atoms with Crippen molar-refractivity contribution in [1.82, 2.24) is 5.32 Å². The van der Waals surface area contributed by atoms with Crippen LogP contribution in [0, 0.1) is 0 Å². The molecule has 78 valence electrons. The molecule has 1 unspecified atom stereocenters. The summed E-state index contributed by atoms with van der Waals surface area (Å²) in [7, 11) is 0. The van der Waals surface area contributed by atoms with E-state index in [0.717, 1.165) is 6.42 Å². The zero-order chi connectivity index (χ0) is 10.6. The second kappa shape index (κ2) is 5.41. The molecule has 1 aromatic heterocycles. The van der Waals surface area contributed by atoms with Crippen LogP contribution in [0.4, 0.5) is 0 Å². The van der Waals surface area contributed by atoms with E-state index in [9.17, 15) is 4.79 Å². The van der Waals surface area contributed by atoms with Crippen molar-refractivity contribution in [2.24, 2.45) is 0 Å². The van der Waals surface area contributed by atoms with Gasteiger partial charge in [-0.1, -0.05) is 0 Å². The number of rotatable bonds is 4. The lowest BCUT2D eigenvalue weighted by molar-refractivity contribution is 0.0924. The number of nitrogens with one attached hydrogen (secondary N) is 1. The van der Waals surface area contributed by atoms with Crippen molar-refractivity contribution in [2.45, 2.75) is 18.7 Å². The van der Waals surface area contributed by atoms with E-state index in [1.165, 1.54) is 0 Å². The molecule has 0 aromatic carbocycles. The van der Waals surface area contributed by atoms with Crippen molar-refractivity contribution in [2.75, 3.05) is 6.54 Å². The number of carbonyl (C=O) groups is 1. The molecular formula is C9H11BrClNO2. The lowest BCUT2D eigenvalue weighted by atomic mass is 10.3. The minimum absolute atomic E-state index is 0.0682. The number of furan rings is 1. The molecule has 3 nitrogen and oxygen atoms in total. The van der Waals surface area contributed by atoms with Crippen LogP contribution in [0.15, 0.2) is 21.2 Å². The molecule has 0 bridgehead atoms. The minimum Gasteiger partial charge on any atom is -0.444 e. The topological polar surface area (TPSA) is 42.2 Å². The van der Waals surface area contributed by atoms with Crippen LogP contribution in [0.25, 0.3) is 0 Å². The van der Waals surface area contributed by atoms with Gasteiger partial charge >= 0.3 is 0 Å². The van der Waals surface area contributed by atoms with Gasteiger partial charge in [0, 0.05) is 11.9 Å². The summed E-state index contributed by atoms with van der Waals surface area (Å²) in [6.07, 6.45) is 0.745. The van der Waals surface area contributed by atoms with Crippen molar-refractivity contribution < 1.29 is 9.21 Å². The summed E-state index contributed by atoms with van der Waals surface area (Å²) >= 11 is 8.85. The highest BCUT2D eigenvalue weighted by Gasteiger charge is 2.09. The Hall–Kier alpha value is -0.480. The first-order valence-corrected chi connectivity index (χ1v) is 5.50. The van der Waals surface area contributed by atoms with Crippen LogP contribution in [0.2, 0.25) is 0 Å². The molecule has 5 heteroatoms. The number of amides is 1. The second-order valence-corrected chi connectivity index (χ2v) is 4.46. The van der Waals surface area contributed by atoms with E-state index in [2.05, 4.69) is 21.2 Å². The zero-order valence-corrected chi connectivity index (χ0v) is 10.1. The molecule has 0 aliphatic carbocycles. The molecule has 1 N–H and O–H groups in total. The molecule has 1 aromatic rings. The van der Waals surface area contributed by atoms with Crippen molar-refractivity contribution >= 4 is 33.4 Å². The maximum absolute atomic E-state index is 11.4. The Bertz CT molecular complexity index is 312. The van der Waals surface area contributed by atoms with E-state index in [4.69, 9.17) is 16.0 Å². The number of carbonyl (C=O) groups excluding carboxylic acids is 1. The van der Waals surface area contributed by atoms with E-state index in [1.807, 2.05) is 6.92 Å². The molecule has 0 aliphatic rings. The quantitative estimate of drug-likeness (QED) is 0.862. The largest absolute Gasteiger partial charge is 0.444 e. The first kappa shape index (κ1) is 11.6. The van der Waals surface area contributed by atoms with Gasteiger partial charge in [-0.05, 0) is 41.4 Å². The fraction of sp³-hybridized carbons (Fsp3) is 0.444. The predicted molar refractivity (Wildman–Crippen MR) is 58.7 cm³/mol. The molecule has 0 saturated heterocycles. The summed E-state index contributed by atoms with van der Waals surface area (Å²) in [5.74, 6) is 0.0899. The first-order chi connectivity index (χ1) is 6.59. The minimum atomic E-state index is -0.215. The summed E-state index contributed by atoms with van der Waals surface area (Å²) in [4.78, 5) is 11.4. The molecule has 1 heterocycles. The van der Waals surface area contributed by atoms with Crippen LogP contribution < -0.4 is 5.32 Å². The summed E-state index contributed by atoms with van der Waals surface area (Å²) in [6, 6.07) is 3.29. The van der Waals surface area contributed by atoms with Crippen molar-refractivity contribution in [1.29, 1.82) is 0 Å². The highest BCUT2D eigenvalue weighted by Crippen LogP contribution is 2.13. The third-order valence-electron chi connectivity index (χ3n) is 1.62. The van der Waals surface area contributed by atoms with Crippen LogP contribution in [-0.2, 0) is 0 Å². The van der Waals surface area contributed by atoms with Gasteiger partial charge in [0.25, 0.3) is 5.91 Å². The number of alkyl halides is 1. The lowest BCUT2D eigenvalue weighted by Gasteiger charge is -2.03. The van der Waals surface area contributed by atoms with E-state index >= 15 is 0 Å². The Kier molecular flexibility index (Phi) is 4.48. The molecule has 0 fully saturated rings. The molecule has 1 rings (SSSR count). The maximum Gasteiger partial charge on any atom is 0.287 e. The number of halogens is 2. The fourth-order valence-corrected chi connectivity index (χ4v) is 1.32. The van der Waals surface area contributed by atoms with Crippen LogP contribution in [0.1, 0.15) is 23.9 Å². The fourth-order valence-electron chi connectivity index (χ4n) is 0.908. The highest BCUT2D eigenvalue weighted by molar-refractivity contribution is 9.10. The highest BCUT2D eigenvalue weighted by atomic mass is 79.9. The predicted octanol–water partition coefficient (Wildman–Crippen LogP) is 2.79. The van der Waals surface area contributed by atoms with Gasteiger partial charge in [0.2, 0.25) is 0 Å². The summed E-state index contributed by atoms with van der Waals surface area (Å²) in [5.41, 5.74) is 0. The number of hydrogen-bond acceptors (Lipinski definition) is 2. The van der Waals surface area contributed by atoms with Gasteiger partial charge in [0.15, 0.2) is 10.4 Å². The Morgan fingerprint density at radius 2 is 2.43 bits per heavy atom. The van der Waals surface area contributed by atoms with Crippen LogP contribution in [0.5, 0.6) is 0 Å². The van der Waals surface area contributed by atoms with E-state index in [0.29, 0.717) is 17.0 Å². The Balaban J connectivity index is 2.36. The Morgan fingerprint density at radius 1 is 1.71 bits per heavy atom. The van der Waals surface area contributed by atoms with Crippen LogP contribution in [0.3, 0.4) is 0 Å². The van der Waals surface area contributed by atoms with Gasteiger partial charge in [0.05, 0.1) is 0 Å². The molecular weight excluding hydrogens is 269 g/mol. The molecule has 1 atom stereocenters. The van der Waals surface area contributed by atoms with Gasteiger partial charge in [-0.25, -0.2) is 0 Å². The third-order valence-corrected chi connectivity index (χ3v) is 2.27. The maximum atomic E-state index is 11.4. The number of hydrogen-bond donors (Lipinski definition) is 1. The van der Waals surface area contributed by atoms with E-state index < -0.39 is 0 Å². The van der Waals surface area contributed by atoms with Gasteiger partial charge in [0.1, 0.15) is 0 Å². The average Bonchev–Trinajstić information content (AvgIpc) is 2.51. The van der Waals surface area contributed by atoms with Crippen molar-refractivity contribution in [3.8, 4) is 0 Å². The van der Waals surface area contributed by atoms with Crippen LogP contribution >= 0.6 is 27.5 Å². The third kappa shape index (κ3) is 3.72. The molecule has 0 radical (unpaired) electrons. The SMILES string of the molecule is CC(Cl)CCNC(=O)c1ccc(Br)o1. The van der Waals surface area contributed by atoms with Crippen LogP contribution in [-0.4, -0.2) is 17.8 Å². The first-order valence-electron chi connectivity index (χ1n) is 4.27. The van der Waals surface area contributed by atoms with Gasteiger partial charge in [-0.3, -0.25) is 4.79 Å². The zero-order valence-electron chi connectivity index (χ0n) is 7.72. The molecule has 0 saturated carbocycles. The molecule has 14 heavy (non-hydrogen) atoms. The van der Waals surface area contributed by atoms with Gasteiger partial charge in [-0.15, -0.1) is 11.6 Å². The lowest BCUT2D eigenvalue weighted by Crippen LogP contribution is -2.25. The Morgan fingerprint density at radius 3 is 2.93 bits per heavy atom. The van der Waals surface area contributed by atoms with Gasteiger partial charge in [-0.2, -0.15) is 0 Å². The smallest absolute Gasteiger partial charge is 0.287 e. The molecule has 0 aliphatic heterocycles. The van der Waals surface area contributed by atoms with Crippen molar-refractivity contribution in [3.05, 3.63) is 22.6 Å². The monoisotopic (exact) mass is 279 g/mol. The summed E-state index contributed by atoms with van der Waals surface area (Å²) in [5, 5.41) is 2.77.